The van der Waals surface area contributed by atoms with Crippen LogP contribution in [0.4, 0.5) is 5.69 Å². The lowest BCUT2D eigenvalue weighted by Crippen LogP contribution is -2.34. The Labute approximate surface area is 142 Å². The third-order valence-corrected chi connectivity index (χ3v) is 4.08. The number of nitrogens with one attached hydrogen (secondary N) is 2. The van der Waals surface area contributed by atoms with Crippen LogP contribution in [-0.2, 0) is 11.3 Å². The normalized spacial score (nSPS) is 17.2. The molecule has 3 rings (SSSR count). The van der Waals surface area contributed by atoms with E-state index in [0.717, 1.165) is 38.2 Å². The van der Waals surface area contributed by atoms with E-state index in [4.69, 9.17) is 17.0 Å². The van der Waals surface area contributed by atoms with Gasteiger partial charge < -0.3 is 15.4 Å². The number of hydrogen-bond donors (Lipinski definition) is 2. The van der Waals surface area contributed by atoms with Gasteiger partial charge in [-0.25, -0.2) is 0 Å². The van der Waals surface area contributed by atoms with E-state index in [-0.39, 0.29) is 6.10 Å². The molecule has 1 aliphatic heterocycles. The lowest BCUT2D eigenvalue weighted by atomic mass is 10.1. The molecule has 0 saturated carbocycles. The van der Waals surface area contributed by atoms with Crippen molar-refractivity contribution in [2.75, 3.05) is 18.5 Å². The Bertz CT molecular complexity index is 664. The number of rotatable bonds is 5. The zero-order chi connectivity index (χ0) is 16.1. The summed E-state index contributed by atoms with van der Waals surface area (Å²) in [6.07, 6.45) is 6.26. The molecular formula is C17H22N4OS. The summed E-state index contributed by atoms with van der Waals surface area (Å²) in [5, 5.41) is 11.3. The molecule has 1 unspecified atom stereocenters. The lowest BCUT2D eigenvalue weighted by Gasteiger charge is -2.13. The maximum atomic E-state index is 5.57. The van der Waals surface area contributed by atoms with Gasteiger partial charge in [0.15, 0.2) is 5.11 Å². The molecule has 0 amide bonds. The smallest absolute Gasteiger partial charge is 0.170 e. The van der Waals surface area contributed by atoms with Crippen LogP contribution >= 0.6 is 12.2 Å². The van der Waals surface area contributed by atoms with Gasteiger partial charge in [0.05, 0.1) is 24.5 Å². The number of ether oxygens (including phenoxy) is 1. The van der Waals surface area contributed by atoms with E-state index in [9.17, 15) is 0 Å². The van der Waals surface area contributed by atoms with E-state index in [1.165, 1.54) is 11.1 Å². The van der Waals surface area contributed by atoms with E-state index >= 15 is 0 Å². The first kappa shape index (κ1) is 16.0. The van der Waals surface area contributed by atoms with Crippen molar-refractivity contribution in [3.05, 3.63) is 47.8 Å². The second kappa shape index (κ2) is 7.57. The number of nitrogens with zero attached hydrogens (tertiary/aromatic N) is 2. The van der Waals surface area contributed by atoms with Crippen LogP contribution in [0.1, 0.15) is 24.0 Å². The maximum Gasteiger partial charge on any atom is 0.170 e. The van der Waals surface area contributed by atoms with Crippen molar-refractivity contribution < 1.29 is 4.74 Å². The zero-order valence-corrected chi connectivity index (χ0v) is 14.1. The number of hydrogen-bond acceptors (Lipinski definition) is 3. The molecule has 1 aliphatic rings. The minimum Gasteiger partial charge on any atom is -0.376 e. The fourth-order valence-electron chi connectivity index (χ4n) is 2.70. The van der Waals surface area contributed by atoms with Gasteiger partial charge >= 0.3 is 0 Å². The number of benzene rings is 1. The van der Waals surface area contributed by atoms with Gasteiger partial charge in [0.1, 0.15) is 0 Å². The monoisotopic (exact) mass is 330 g/mol. The fraction of sp³-hybridized carbons (Fsp3) is 0.412. The summed E-state index contributed by atoms with van der Waals surface area (Å²) < 4.78 is 7.47. The van der Waals surface area contributed by atoms with Gasteiger partial charge in [0.25, 0.3) is 0 Å². The van der Waals surface area contributed by atoms with Gasteiger partial charge in [-0.2, -0.15) is 5.10 Å². The molecule has 23 heavy (non-hydrogen) atoms. The first-order chi connectivity index (χ1) is 11.2. The number of anilines is 1. The average molecular weight is 330 g/mol. The van der Waals surface area contributed by atoms with Gasteiger partial charge in [0.2, 0.25) is 0 Å². The maximum absolute atomic E-state index is 5.57. The van der Waals surface area contributed by atoms with Crippen LogP contribution in [0, 0.1) is 6.92 Å². The zero-order valence-electron chi connectivity index (χ0n) is 13.3. The summed E-state index contributed by atoms with van der Waals surface area (Å²) in [6, 6.07) is 8.44. The standard InChI is InChI=1S/C17H22N4OS/c1-13-4-2-5-14(8-13)11-21-12-15(9-19-21)20-17(23)18-10-16-6-3-7-22-16/h2,4-5,8-9,12,16H,3,6-7,10-11H2,1H3,(H2,18,20,23). The molecule has 0 radical (unpaired) electrons. The highest BCUT2D eigenvalue weighted by Crippen LogP contribution is 2.11. The van der Waals surface area contributed by atoms with Gasteiger partial charge in [-0.3, -0.25) is 4.68 Å². The van der Waals surface area contributed by atoms with Crippen LogP contribution < -0.4 is 10.6 Å². The highest BCUT2D eigenvalue weighted by molar-refractivity contribution is 7.80. The van der Waals surface area contributed by atoms with Crippen LogP contribution in [0.5, 0.6) is 0 Å². The fourth-order valence-corrected chi connectivity index (χ4v) is 2.90. The summed E-state index contributed by atoms with van der Waals surface area (Å²) in [7, 11) is 0. The van der Waals surface area contributed by atoms with Crippen molar-refractivity contribution in [1.82, 2.24) is 15.1 Å². The molecule has 0 bridgehead atoms. The van der Waals surface area contributed by atoms with E-state index in [0.29, 0.717) is 5.11 Å². The molecule has 1 fully saturated rings. The Morgan fingerprint density at radius 3 is 3.17 bits per heavy atom. The van der Waals surface area contributed by atoms with Crippen LogP contribution in [-0.4, -0.2) is 34.1 Å². The van der Waals surface area contributed by atoms with Crippen molar-refractivity contribution in [2.24, 2.45) is 0 Å². The third kappa shape index (κ3) is 4.77. The van der Waals surface area contributed by atoms with Crippen LogP contribution in [0.25, 0.3) is 0 Å². The number of aryl methyl sites for hydroxylation is 1. The predicted molar refractivity (Wildman–Crippen MR) is 95.7 cm³/mol. The Morgan fingerprint density at radius 1 is 1.48 bits per heavy atom. The quantitative estimate of drug-likeness (QED) is 0.826. The Morgan fingerprint density at radius 2 is 2.39 bits per heavy atom. The first-order valence-electron chi connectivity index (χ1n) is 7.93. The molecule has 2 aromatic rings. The molecule has 1 atom stereocenters. The van der Waals surface area contributed by atoms with Crippen LogP contribution in [0.3, 0.4) is 0 Å². The van der Waals surface area contributed by atoms with Crippen molar-refractivity contribution >= 4 is 23.0 Å². The first-order valence-corrected chi connectivity index (χ1v) is 8.34. The van der Waals surface area contributed by atoms with Gasteiger partial charge in [0, 0.05) is 19.3 Å². The lowest BCUT2D eigenvalue weighted by molar-refractivity contribution is 0.114. The molecule has 1 aromatic carbocycles. The average Bonchev–Trinajstić information content (AvgIpc) is 3.17. The molecule has 1 saturated heterocycles. The van der Waals surface area contributed by atoms with E-state index in [1.54, 1.807) is 6.20 Å². The molecule has 0 spiro atoms. The van der Waals surface area contributed by atoms with Crippen molar-refractivity contribution in [3.63, 3.8) is 0 Å². The topological polar surface area (TPSA) is 51.1 Å². The summed E-state index contributed by atoms with van der Waals surface area (Å²) in [4.78, 5) is 0. The van der Waals surface area contributed by atoms with Crippen molar-refractivity contribution in [2.45, 2.75) is 32.4 Å². The van der Waals surface area contributed by atoms with E-state index in [2.05, 4.69) is 46.9 Å². The minimum atomic E-state index is 0.277. The number of aromatic nitrogens is 2. The van der Waals surface area contributed by atoms with E-state index < -0.39 is 0 Å². The summed E-state index contributed by atoms with van der Waals surface area (Å²) in [5.74, 6) is 0. The van der Waals surface area contributed by atoms with Gasteiger partial charge in [-0.1, -0.05) is 29.8 Å². The Balaban J connectivity index is 1.49. The van der Waals surface area contributed by atoms with Crippen molar-refractivity contribution in [3.8, 4) is 0 Å². The predicted octanol–water partition coefficient (Wildman–Crippen LogP) is 2.71. The highest BCUT2D eigenvalue weighted by atomic mass is 32.1. The summed E-state index contributed by atoms with van der Waals surface area (Å²) in [6.45, 7) is 4.46. The molecule has 6 heteroatoms. The third-order valence-electron chi connectivity index (χ3n) is 3.83. The SMILES string of the molecule is Cc1cccc(Cn2cc(NC(=S)NCC3CCCO3)cn2)c1. The van der Waals surface area contributed by atoms with Gasteiger partial charge in [-0.05, 0) is 37.5 Å². The molecular weight excluding hydrogens is 308 g/mol. The minimum absolute atomic E-state index is 0.277. The Hall–Kier alpha value is -1.92. The highest BCUT2D eigenvalue weighted by Gasteiger charge is 2.15. The molecule has 5 nitrogen and oxygen atoms in total. The second-order valence-corrected chi connectivity index (χ2v) is 6.29. The second-order valence-electron chi connectivity index (χ2n) is 5.89. The molecule has 122 valence electrons. The van der Waals surface area contributed by atoms with Crippen LogP contribution in [0.2, 0.25) is 0 Å². The molecule has 1 aromatic heterocycles. The largest absolute Gasteiger partial charge is 0.376 e. The summed E-state index contributed by atoms with van der Waals surface area (Å²) in [5.41, 5.74) is 3.38. The van der Waals surface area contributed by atoms with E-state index in [1.807, 2.05) is 10.9 Å². The number of thiocarbonyl (C=S) groups is 1. The summed E-state index contributed by atoms with van der Waals surface area (Å²) >= 11 is 5.31. The van der Waals surface area contributed by atoms with Crippen LogP contribution in [0.15, 0.2) is 36.7 Å². The molecule has 0 aliphatic carbocycles. The molecule has 2 N–H and O–H groups in total. The van der Waals surface area contributed by atoms with Crippen molar-refractivity contribution in [1.29, 1.82) is 0 Å². The Kier molecular flexibility index (Phi) is 5.25. The molecule has 2 heterocycles. The van der Waals surface area contributed by atoms with Gasteiger partial charge in [-0.15, -0.1) is 0 Å².